The van der Waals surface area contributed by atoms with Crippen molar-refractivity contribution in [2.24, 2.45) is 0 Å². The molecular formula is C17H16N4S. The number of nitrogens with two attached hydrogens (primary N) is 1. The lowest BCUT2D eigenvalue weighted by Gasteiger charge is -2.07. The van der Waals surface area contributed by atoms with Crippen LogP contribution in [0.25, 0.3) is 11.3 Å². The molecule has 1 aromatic heterocycles. The van der Waals surface area contributed by atoms with E-state index in [-0.39, 0.29) is 0 Å². The molecule has 110 valence electrons. The fraction of sp³-hybridized carbons (Fsp3) is 0.0588. The van der Waals surface area contributed by atoms with Gasteiger partial charge in [-0.15, -0.1) is 11.8 Å². The van der Waals surface area contributed by atoms with Crippen LogP contribution in [-0.2, 0) is 0 Å². The molecule has 1 heterocycles. The summed E-state index contributed by atoms with van der Waals surface area (Å²) in [7, 11) is 0. The molecule has 4 nitrogen and oxygen atoms in total. The number of anilines is 3. The Balaban J connectivity index is 1.83. The molecule has 0 saturated heterocycles. The minimum absolute atomic E-state index is 0.739. The Morgan fingerprint density at radius 3 is 2.36 bits per heavy atom. The first kappa shape index (κ1) is 14.4. The molecule has 22 heavy (non-hydrogen) atoms. The molecule has 0 aliphatic carbocycles. The van der Waals surface area contributed by atoms with Crippen LogP contribution in [-0.4, -0.2) is 16.2 Å². The highest BCUT2D eigenvalue weighted by Gasteiger charge is 2.03. The van der Waals surface area contributed by atoms with E-state index >= 15 is 0 Å². The van der Waals surface area contributed by atoms with Gasteiger partial charge in [0.25, 0.3) is 0 Å². The van der Waals surface area contributed by atoms with Crippen molar-refractivity contribution in [3.05, 3.63) is 60.9 Å². The smallest absolute Gasteiger partial charge is 0.134 e. The van der Waals surface area contributed by atoms with Gasteiger partial charge >= 0.3 is 0 Å². The van der Waals surface area contributed by atoms with Gasteiger partial charge in [-0.2, -0.15) is 0 Å². The first-order valence-corrected chi connectivity index (χ1v) is 8.06. The third-order valence-electron chi connectivity index (χ3n) is 3.24. The van der Waals surface area contributed by atoms with Crippen molar-refractivity contribution >= 4 is 29.0 Å². The topological polar surface area (TPSA) is 63.8 Å². The number of hydrogen-bond donors (Lipinski definition) is 2. The summed E-state index contributed by atoms with van der Waals surface area (Å²) in [6, 6.07) is 17.8. The van der Waals surface area contributed by atoms with Gasteiger partial charge in [-0.05, 0) is 42.7 Å². The Morgan fingerprint density at radius 1 is 0.955 bits per heavy atom. The predicted molar refractivity (Wildman–Crippen MR) is 93.4 cm³/mol. The maximum absolute atomic E-state index is 5.69. The molecule has 3 N–H and O–H groups in total. The summed E-state index contributed by atoms with van der Waals surface area (Å²) in [6.07, 6.45) is 3.63. The number of hydrogen-bond acceptors (Lipinski definition) is 5. The van der Waals surface area contributed by atoms with E-state index in [9.17, 15) is 0 Å². The molecule has 0 aliphatic rings. The Morgan fingerprint density at radius 2 is 1.68 bits per heavy atom. The molecule has 3 aromatic rings. The molecule has 0 radical (unpaired) electrons. The molecule has 0 spiro atoms. The van der Waals surface area contributed by atoms with Crippen molar-refractivity contribution in [1.82, 2.24) is 9.97 Å². The van der Waals surface area contributed by atoms with E-state index in [4.69, 9.17) is 5.73 Å². The Bertz CT molecular complexity index is 754. The molecule has 5 heteroatoms. The second-order valence-electron chi connectivity index (χ2n) is 4.76. The van der Waals surface area contributed by atoms with Crippen LogP contribution >= 0.6 is 11.8 Å². The summed E-state index contributed by atoms with van der Waals surface area (Å²) < 4.78 is 0. The fourth-order valence-corrected chi connectivity index (χ4v) is 2.47. The van der Waals surface area contributed by atoms with Crippen molar-refractivity contribution in [3.8, 4) is 11.3 Å². The van der Waals surface area contributed by atoms with Gasteiger partial charge in [0, 0.05) is 27.9 Å². The Hall–Kier alpha value is -2.53. The summed E-state index contributed by atoms with van der Waals surface area (Å²) >= 11 is 1.72. The molecule has 0 aliphatic heterocycles. The van der Waals surface area contributed by atoms with E-state index in [1.807, 2.05) is 30.3 Å². The van der Waals surface area contributed by atoms with Crippen LogP contribution < -0.4 is 11.1 Å². The van der Waals surface area contributed by atoms with E-state index in [0.29, 0.717) is 0 Å². The van der Waals surface area contributed by atoms with Crippen molar-refractivity contribution in [2.45, 2.75) is 4.90 Å². The number of thioether (sulfide) groups is 1. The van der Waals surface area contributed by atoms with Crippen LogP contribution in [0.3, 0.4) is 0 Å². The van der Waals surface area contributed by atoms with E-state index in [1.165, 1.54) is 4.90 Å². The number of nitrogens with zero attached hydrogens (tertiary/aromatic N) is 2. The third-order valence-corrected chi connectivity index (χ3v) is 3.98. The molecule has 3 rings (SSSR count). The highest BCUT2D eigenvalue weighted by atomic mass is 32.2. The monoisotopic (exact) mass is 308 g/mol. The van der Waals surface area contributed by atoms with Gasteiger partial charge in [0.2, 0.25) is 0 Å². The normalized spacial score (nSPS) is 10.4. The molecule has 0 saturated carbocycles. The molecule has 0 atom stereocenters. The third kappa shape index (κ3) is 3.38. The average Bonchev–Trinajstić information content (AvgIpc) is 2.57. The van der Waals surface area contributed by atoms with Crippen LogP contribution in [0.4, 0.5) is 17.2 Å². The zero-order chi connectivity index (χ0) is 15.4. The Kier molecular flexibility index (Phi) is 4.25. The first-order valence-electron chi connectivity index (χ1n) is 6.83. The quantitative estimate of drug-likeness (QED) is 0.559. The van der Waals surface area contributed by atoms with Crippen molar-refractivity contribution < 1.29 is 0 Å². The molecule has 2 aromatic carbocycles. The summed E-state index contributed by atoms with van der Waals surface area (Å²) in [4.78, 5) is 9.84. The number of nitrogen functional groups attached to an aromatic ring is 1. The zero-order valence-corrected chi connectivity index (χ0v) is 13.0. The first-order chi connectivity index (χ1) is 10.7. The minimum atomic E-state index is 0.739. The van der Waals surface area contributed by atoms with Crippen molar-refractivity contribution in [3.63, 3.8) is 0 Å². The van der Waals surface area contributed by atoms with Gasteiger partial charge in [0.15, 0.2) is 0 Å². The van der Waals surface area contributed by atoms with E-state index < -0.39 is 0 Å². The van der Waals surface area contributed by atoms with Crippen LogP contribution in [0, 0.1) is 0 Å². The number of benzene rings is 2. The highest BCUT2D eigenvalue weighted by molar-refractivity contribution is 7.98. The lowest BCUT2D eigenvalue weighted by atomic mass is 10.1. The summed E-state index contributed by atoms with van der Waals surface area (Å²) in [5.74, 6) is 0.753. The second kappa shape index (κ2) is 6.49. The predicted octanol–water partition coefficient (Wildman–Crippen LogP) is 4.19. The van der Waals surface area contributed by atoms with Crippen molar-refractivity contribution in [2.75, 3.05) is 17.3 Å². The van der Waals surface area contributed by atoms with Crippen molar-refractivity contribution in [1.29, 1.82) is 0 Å². The van der Waals surface area contributed by atoms with E-state index in [2.05, 4.69) is 45.8 Å². The maximum atomic E-state index is 5.69. The van der Waals surface area contributed by atoms with Crippen LogP contribution in [0.15, 0.2) is 65.8 Å². The lowest BCUT2D eigenvalue weighted by Crippen LogP contribution is -1.96. The molecular weight excluding hydrogens is 292 g/mol. The maximum Gasteiger partial charge on any atom is 0.134 e. The SMILES string of the molecule is CSc1ccc(-c2cc(Nc3ccc(N)cc3)ncn2)cc1. The van der Waals surface area contributed by atoms with Gasteiger partial charge in [-0.3, -0.25) is 0 Å². The summed E-state index contributed by atoms with van der Waals surface area (Å²) in [5.41, 5.74) is 9.33. The minimum Gasteiger partial charge on any atom is -0.399 e. The number of nitrogens with one attached hydrogen (secondary N) is 1. The van der Waals surface area contributed by atoms with Gasteiger partial charge in [0.05, 0.1) is 5.69 Å². The summed E-state index contributed by atoms with van der Waals surface area (Å²) in [5, 5.41) is 3.25. The standard InChI is InChI=1S/C17H16N4S/c1-22-15-8-2-12(3-9-15)16-10-17(20-11-19-16)21-14-6-4-13(18)5-7-14/h2-11H,18H2,1H3,(H,19,20,21). The van der Waals surface area contributed by atoms with Gasteiger partial charge in [-0.25, -0.2) is 9.97 Å². The van der Waals surface area contributed by atoms with Gasteiger partial charge < -0.3 is 11.1 Å². The number of aromatic nitrogens is 2. The average molecular weight is 308 g/mol. The summed E-state index contributed by atoms with van der Waals surface area (Å²) in [6.45, 7) is 0. The van der Waals surface area contributed by atoms with Crippen LogP contribution in [0.1, 0.15) is 0 Å². The van der Waals surface area contributed by atoms with Crippen LogP contribution in [0.2, 0.25) is 0 Å². The largest absolute Gasteiger partial charge is 0.399 e. The molecule has 0 bridgehead atoms. The van der Waals surface area contributed by atoms with Gasteiger partial charge in [0.1, 0.15) is 12.1 Å². The van der Waals surface area contributed by atoms with E-state index in [0.717, 1.165) is 28.5 Å². The number of rotatable bonds is 4. The van der Waals surface area contributed by atoms with Crippen LogP contribution in [0.5, 0.6) is 0 Å². The zero-order valence-electron chi connectivity index (χ0n) is 12.2. The molecule has 0 fully saturated rings. The fourth-order valence-electron chi connectivity index (χ4n) is 2.06. The van der Waals surface area contributed by atoms with Gasteiger partial charge in [-0.1, -0.05) is 12.1 Å². The molecule has 0 amide bonds. The highest BCUT2D eigenvalue weighted by Crippen LogP contribution is 2.24. The lowest BCUT2D eigenvalue weighted by molar-refractivity contribution is 1.17. The second-order valence-corrected chi connectivity index (χ2v) is 5.64. The molecule has 0 unspecified atom stereocenters. The Labute approximate surface area is 133 Å². The van der Waals surface area contributed by atoms with E-state index in [1.54, 1.807) is 18.1 Å².